The zero-order valence-corrected chi connectivity index (χ0v) is 20.4. The molecule has 1 unspecified atom stereocenters. The van der Waals surface area contributed by atoms with Crippen LogP contribution in [0.3, 0.4) is 0 Å². The highest BCUT2D eigenvalue weighted by Crippen LogP contribution is 2.33. The minimum absolute atomic E-state index is 0.156. The Morgan fingerprint density at radius 2 is 2.00 bits per heavy atom. The first-order valence-corrected chi connectivity index (χ1v) is 12.5. The number of halogens is 1. The smallest absolute Gasteiger partial charge is 0.274 e. The van der Waals surface area contributed by atoms with Crippen LogP contribution in [-0.2, 0) is 0 Å². The molecule has 2 atom stereocenters. The highest BCUT2D eigenvalue weighted by atomic mass is 32.1. The van der Waals surface area contributed by atoms with Gasteiger partial charge in [0.1, 0.15) is 17.1 Å². The van der Waals surface area contributed by atoms with Crippen LogP contribution in [-0.4, -0.2) is 40.8 Å². The molecule has 1 saturated heterocycles. The summed E-state index contributed by atoms with van der Waals surface area (Å²) >= 11 is 1.43. The number of nitrogens with one attached hydrogen (secondary N) is 1. The van der Waals surface area contributed by atoms with Crippen molar-refractivity contribution in [3.05, 3.63) is 76.9 Å². The lowest BCUT2D eigenvalue weighted by Gasteiger charge is -2.40. The number of thiazole rings is 1. The summed E-state index contributed by atoms with van der Waals surface area (Å²) in [7, 11) is 0. The maximum absolute atomic E-state index is 13.8. The van der Waals surface area contributed by atoms with E-state index in [0.717, 1.165) is 33.7 Å². The molecule has 35 heavy (non-hydrogen) atoms. The third kappa shape index (κ3) is 4.58. The first kappa shape index (κ1) is 23.2. The van der Waals surface area contributed by atoms with Gasteiger partial charge in [-0.15, -0.1) is 11.3 Å². The summed E-state index contributed by atoms with van der Waals surface area (Å²) < 4.78 is 18.9. The zero-order chi connectivity index (χ0) is 24.5. The van der Waals surface area contributed by atoms with E-state index in [9.17, 15) is 14.0 Å². The van der Waals surface area contributed by atoms with Crippen molar-refractivity contribution in [2.75, 3.05) is 13.1 Å². The Kier molecular flexibility index (Phi) is 6.38. The Bertz CT molecular complexity index is 1380. The monoisotopic (exact) mass is 491 g/mol. The van der Waals surface area contributed by atoms with Crippen LogP contribution >= 0.6 is 11.3 Å². The maximum atomic E-state index is 13.8. The van der Waals surface area contributed by atoms with Crippen LogP contribution in [0.5, 0.6) is 0 Å². The molecule has 0 radical (unpaired) electrons. The van der Waals surface area contributed by atoms with Gasteiger partial charge in [0.25, 0.3) is 11.8 Å². The molecular formula is C27H26FN3O3S. The quantitative estimate of drug-likeness (QED) is 0.390. The fourth-order valence-corrected chi connectivity index (χ4v) is 5.72. The lowest BCUT2D eigenvalue weighted by Crippen LogP contribution is -2.53. The number of carbonyl (C=O) groups excluding carboxylic acids is 2. The summed E-state index contributed by atoms with van der Waals surface area (Å²) in [6.45, 7) is 4.91. The number of piperidine rings is 1. The Morgan fingerprint density at radius 1 is 1.20 bits per heavy atom. The van der Waals surface area contributed by atoms with E-state index in [0.29, 0.717) is 29.9 Å². The van der Waals surface area contributed by atoms with Gasteiger partial charge in [0.15, 0.2) is 0 Å². The first-order valence-electron chi connectivity index (χ1n) is 11.7. The number of aromatic nitrogens is 1. The molecule has 5 rings (SSSR count). The molecule has 6 nitrogen and oxygen atoms in total. The first-order chi connectivity index (χ1) is 16.9. The van der Waals surface area contributed by atoms with Gasteiger partial charge in [0, 0.05) is 18.5 Å². The van der Waals surface area contributed by atoms with Gasteiger partial charge in [-0.2, -0.15) is 0 Å². The van der Waals surface area contributed by atoms with Gasteiger partial charge in [0.2, 0.25) is 0 Å². The van der Waals surface area contributed by atoms with Crippen LogP contribution in [0.4, 0.5) is 4.39 Å². The number of likely N-dealkylation sites (tertiary alicyclic amines) is 1. The number of amides is 2. The fourth-order valence-electron chi connectivity index (χ4n) is 4.80. The normalized spacial score (nSPS) is 18.1. The summed E-state index contributed by atoms with van der Waals surface area (Å²) in [5.41, 5.74) is 2.36. The molecule has 1 N–H and O–H groups in total. The number of hydrogen-bond donors (Lipinski definition) is 1. The zero-order valence-electron chi connectivity index (χ0n) is 19.6. The molecule has 0 spiro atoms. The van der Waals surface area contributed by atoms with Gasteiger partial charge in [-0.05, 0) is 61.6 Å². The standard InChI is InChI=1S/C27H26FN3O3S/c1-16-5-4-13-31(22(16)15-29-26(32)21-6-3-7-23-20(21)12-14-34-23)27(33)24-25(35-17(2)30-24)18-8-10-19(28)11-9-18/h3,6-12,14,16,22H,4-5,13,15H2,1-2H3,(H,29,32)/t16-,22?/m1/s1. The van der Waals surface area contributed by atoms with Crippen LogP contribution in [0.25, 0.3) is 21.4 Å². The average molecular weight is 492 g/mol. The third-order valence-electron chi connectivity index (χ3n) is 6.63. The topological polar surface area (TPSA) is 75.4 Å². The lowest BCUT2D eigenvalue weighted by atomic mass is 9.90. The van der Waals surface area contributed by atoms with E-state index in [1.807, 2.05) is 17.9 Å². The number of hydrogen-bond acceptors (Lipinski definition) is 5. The number of aryl methyl sites for hydroxylation is 1. The maximum Gasteiger partial charge on any atom is 0.274 e. The summed E-state index contributed by atoms with van der Waals surface area (Å²) in [5.74, 6) is -0.462. The Morgan fingerprint density at radius 3 is 2.80 bits per heavy atom. The number of benzene rings is 2. The van der Waals surface area contributed by atoms with Gasteiger partial charge in [-0.25, -0.2) is 9.37 Å². The van der Waals surface area contributed by atoms with Crippen LogP contribution < -0.4 is 5.32 Å². The molecule has 1 aliphatic rings. The highest BCUT2D eigenvalue weighted by Gasteiger charge is 2.35. The van der Waals surface area contributed by atoms with E-state index in [1.54, 1.807) is 36.6 Å². The second kappa shape index (κ2) is 9.62. The van der Waals surface area contributed by atoms with Crippen molar-refractivity contribution in [2.24, 2.45) is 5.92 Å². The Labute approximate surface area is 206 Å². The minimum Gasteiger partial charge on any atom is -0.464 e. The van der Waals surface area contributed by atoms with Crippen molar-refractivity contribution >= 4 is 34.1 Å². The van der Waals surface area contributed by atoms with E-state index in [4.69, 9.17) is 4.42 Å². The van der Waals surface area contributed by atoms with Gasteiger partial charge in [0.05, 0.1) is 27.8 Å². The number of nitrogens with zero attached hydrogens (tertiary/aromatic N) is 2. The van der Waals surface area contributed by atoms with Gasteiger partial charge in [-0.3, -0.25) is 9.59 Å². The molecule has 2 aromatic carbocycles. The number of fused-ring (bicyclic) bond motifs is 1. The number of carbonyl (C=O) groups is 2. The van der Waals surface area contributed by atoms with Crippen molar-refractivity contribution in [1.29, 1.82) is 0 Å². The minimum atomic E-state index is -0.324. The van der Waals surface area contributed by atoms with Crippen molar-refractivity contribution in [1.82, 2.24) is 15.2 Å². The molecule has 2 aromatic heterocycles. The van der Waals surface area contributed by atoms with E-state index in [1.165, 1.54) is 23.5 Å². The van der Waals surface area contributed by atoms with Crippen molar-refractivity contribution in [2.45, 2.75) is 32.7 Å². The molecule has 180 valence electrons. The average Bonchev–Trinajstić information content (AvgIpc) is 3.49. The lowest BCUT2D eigenvalue weighted by molar-refractivity contribution is 0.0503. The molecule has 4 aromatic rings. The van der Waals surface area contributed by atoms with Crippen LogP contribution in [0.15, 0.2) is 59.2 Å². The highest BCUT2D eigenvalue weighted by molar-refractivity contribution is 7.15. The summed E-state index contributed by atoms with van der Waals surface area (Å²) in [4.78, 5) is 33.9. The molecule has 0 bridgehead atoms. The summed E-state index contributed by atoms with van der Waals surface area (Å²) in [5, 5.41) is 4.58. The predicted molar refractivity (Wildman–Crippen MR) is 134 cm³/mol. The van der Waals surface area contributed by atoms with Gasteiger partial charge in [-0.1, -0.05) is 25.1 Å². The third-order valence-corrected chi connectivity index (χ3v) is 7.65. The second-order valence-corrected chi connectivity index (χ2v) is 10.2. The van der Waals surface area contributed by atoms with E-state index < -0.39 is 0 Å². The molecular weight excluding hydrogens is 465 g/mol. The number of furan rings is 1. The summed E-state index contributed by atoms with van der Waals surface area (Å²) in [6.07, 6.45) is 3.43. The van der Waals surface area contributed by atoms with Crippen molar-refractivity contribution < 1.29 is 18.4 Å². The second-order valence-electron chi connectivity index (χ2n) is 8.95. The van der Waals surface area contributed by atoms with Gasteiger partial charge >= 0.3 is 0 Å². The molecule has 1 fully saturated rings. The molecule has 2 amide bonds. The van der Waals surface area contributed by atoms with Crippen molar-refractivity contribution in [3.63, 3.8) is 0 Å². The number of rotatable bonds is 5. The van der Waals surface area contributed by atoms with Crippen molar-refractivity contribution in [3.8, 4) is 10.4 Å². The van der Waals surface area contributed by atoms with Gasteiger partial charge < -0.3 is 14.6 Å². The molecule has 0 saturated carbocycles. The SMILES string of the molecule is Cc1nc(C(=O)N2CCC[C@@H](C)C2CNC(=O)c2cccc3occc23)c(-c2ccc(F)cc2)s1. The summed E-state index contributed by atoms with van der Waals surface area (Å²) in [6, 6.07) is 13.1. The molecule has 8 heteroatoms. The fraction of sp³-hybridized carbons (Fsp3) is 0.296. The largest absolute Gasteiger partial charge is 0.464 e. The Hall–Kier alpha value is -3.52. The van der Waals surface area contributed by atoms with Crippen LogP contribution in [0, 0.1) is 18.7 Å². The Balaban J connectivity index is 1.38. The van der Waals surface area contributed by atoms with E-state index >= 15 is 0 Å². The predicted octanol–water partition coefficient (Wildman–Crippen LogP) is 5.67. The van der Waals surface area contributed by atoms with E-state index in [-0.39, 0.29) is 29.6 Å². The van der Waals surface area contributed by atoms with Crippen LogP contribution in [0.2, 0.25) is 0 Å². The van der Waals surface area contributed by atoms with Crippen LogP contribution in [0.1, 0.15) is 45.6 Å². The molecule has 1 aliphatic heterocycles. The van der Waals surface area contributed by atoms with E-state index in [2.05, 4.69) is 17.2 Å². The molecule has 0 aliphatic carbocycles. The molecule has 3 heterocycles.